The van der Waals surface area contributed by atoms with Crippen molar-refractivity contribution in [2.24, 2.45) is 4.99 Å². The lowest BCUT2D eigenvalue weighted by Crippen LogP contribution is -2.29. The quantitative estimate of drug-likeness (QED) is 0.588. The summed E-state index contributed by atoms with van der Waals surface area (Å²) in [7, 11) is 0. The van der Waals surface area contributed by atoms with E-state index in [0.717, 1.165) is 16.8 Å². The molecule has 0 saturated heterocycles. The second kappa shape index (κ2) is 5.73. The Balaban J connectivity index is 1.79. The number of phenolic OH excluding ortho intramolecular Hbond substituents is 1. The summed E-state index contributed by atoms with van der Waals surface area (Å²) in [6.07, 6.45) is 1.74. The van der Waals surface area contributed by atoms with Crippen LogP contribution >= 0.6 is 0 Å². The number of nitrogens with one attached hydrogen (secondary N) is 2. The summed E-state index contributed by atoms with van der Waals surface area (Å²) in [5.41, 5.74) is 3.17. The lowest BCUT2D eigenvalue weighted by atomic mass is 10.1. The molecule has 0 spiro atoms. The third kappa shape index (κ3) is 3.15. The van der Waals surface area contributed by atoms with E-state index in [1.807, 2.05) is 31.2 Å². The Kier molecular flexibility index (Phi) is 3.62. The van der Waals surface area contributed by atoms with Gasteiger partial charge >= 0.3 is 0 Å². The Hall–Kier alpha value is -3.08. The van der Waals surface area contributed by atoms with Crippen LogP contribution in [0, 0.1) is 6.92 Å². The van der Waals surface area contributed by atoms with Gasteiger partial charge in [-0.2, -0.15) is 0 Å². The number of guanidine groups is 1. The number of nitrogens with zero attached hydrogens (tertiary/aromatic N) is 1. The maximum Gasteiger partial charge on any atom is 0.276 e. The largest absolute Gasteiger partial charge is 0.508 e. The van der Waals surface area contributed by atoms with Crippen molar-refractivity contribution in [1.82, 2.24) is 5.32 Å². The van der Waals surface area contributed by atoms with Gasteiger partial charge in [0.2, 0.25) is 5.96 Å². The van der Waals surface area contributed by atoms with Crippen molar-refractivity contribution in [2.75, 3.05) is 5.32 Å². The summed E-state index contributed by atoms with van der Waals surface area (Å²) in [4.78, 5) is 16.2. The summed E-state index contributed by atoms with van der Waals surface area (Å²) < 4.78 is 0. The van der Waals surface area contributed by atoms with Crippen LogP contribution in [0.5, 0.6) is 5.75 Å². The highest BCUT2D eigenvalue weighted by Crippen LogP contribution is 2.16. The van der Waals surface area contributed by atoms with Gasteiger partial charge < -0.3 is 10.4 Å². The lowest BCUT2D eigenvalue weighted by molar-refractivity contribution is -0.115. The average molecular weight is 293 g/mol. The SMILES string of the molecule is Cc1ccc(/C=C2\N=C(Nc3ccc(O)cc3)NC2=O)cc1. The standard InChI is InChI=1S/C17H15N3O2/c1-11-2-4-12(5-3-11)10-15-16(22)20-17(19-15)18-13-6-8-14(21)9-7-13/h2-10,21H,1H3,(H2,18,19,20,22)/b15-10-. The number of aliphatic imine (C=N–C) groups is 1. The van der Waals surface area contributed by atoms with Gasteiger partial charge in [0, 0.05) is 5.69 Å². The smallest absolute Gasteiger partial charge is 0.276 e. The molecule has 1 aliphatic heterocycles. The summed E-state index contributed by atoms with van der Waals surface area (Å²) >= 11 is 0. The molecule has 2 aromatic carbocycles. The van der Waals surface area contributed by atoms with Crippen LogP contribution in [0.15, 0.2) is 59.2 Å². The fourth-order valence-corrected chi connectivity index (χ4v) is 2.03. The first-order valence-electron chi connectivity index (χ1n) is 6.85. The van der Waals surface area contributed by atoms with Crippen LogP contribution in [-0.4, -0.2) is 17.0 Å². The minimum Gasteiger partial charge on any atom is -0.508 e. The van der Waals surface area contributed by atoms with Gasteiger partial charge in [-0.05, 0) is 42.8 Å². The van der Waals surface area contributed by atoms with E-state index in [0.29, 0.717) is 11.7 Å². The van der Waals surface area contributed by atoms with Crippen molar-refractivity contribution in [3.05, 3.63) is 65.4 Å². The first kappa shape index (κ1) is 13.9. The fourth-order valence-electron chi connectivity index (χ4n) is 2.03. The second-order valence-corrected chi connectivity index (χ2v) is 5.03. The van der Waals surface area contributed by atoms with Crippen molar-refractivity contribution >= 4 is 23.6 Å². The van der Waals surface area contributed by atoms with E-state index in [-0.39, 0.29) is 11.7 Å². The molecule has 5 heteroatoms. The van der Waals surface area contributed by atoms with Crippen LogP contribution in [0.4, 0.5) is 5.69 Å². The van der Waals surface area contributed by atoms with Crippen molar-refractivity contribution in [1.29, 1.82) is 0 Å². The van der Waals surface area contributed by atoms with Gasteiger partial charge in [0.1, 0.15) is 11.4 Å². The molecule has 0 unspecified atom stereocenters. The van der Waals surface area contributed by atoms with Crippen LogP contribution < -0.4 is 10.6 Å². The third-order valence-electron chi connectivity index (χ3n) is 3.21. The molecule has 0 radical (unpaired) electrons. The number of amides is 1. The molecule has 2 aromatic rings. The molecule has 0 saturated carbocycles. The van der Waals surface area contributed by atoms with Crippen LogP contribution in [0.25, 0.3) is 6.08 Å². The van der Waals surface area contributed by atoms with Gasteiger partial charge in [0.25, 0.3) is 5.91 Å². The number of anilines is 1. The van der Waals surface area contributed by atoms with Gasteiger partial charge in [-0.15, -0.1) is 0 Å². The molecule has 0 aromatic heterocycles. The van der Waals surface area contributed by atoms with Crippen LogP contribution in [0.1, 0.15) is 11.1 Å². The van der Waals surface area contributed by atoms with Gasteiger partial charge in [0.15, 0.2) is 0 Å². The minimum absolute atomic E-state index is 0.183. The number of rotatable bonds is 2. The topological polar surface area (TPSA) is 73.7 Å². The molecule has 1 heterocycles. The van der Waals surface area contributed by atoms with Crippen LogP contribution in [-0.2, 0) is 4.79 Å². The molecule has 1 aliphatic rings. The molecule has 1 amide bonds. The zero-order valence-corrected chi connectivity index (χ0v) is 12.0. The van der Waals surface area contributed by atoms with Crippen LogP contribution in [0.2, 0.25) is 0 Å². The predicted molar refractivity (Wildman–Crippen MR) is 86.5 cm³/mol. The molecule has 3 N–H and O–H groups in total. The summed E-state index contributed by atoms with van der Waals surface area (Å²) in [6.45, 7) is 2.01. The Labute approximate surface area is 128 Å². The molecule has 110 valence electrons. The molecule has 0 fully saturated rings. The van der Waals surface area contributed by atoms with E-state index in [1.165, 1.54) is 0 Å². The summed E-state index contributed by atoms with van der Waals surface area (Å²) in [5.74, 6) is 0.304. The number of carbonyl (C=O) groups excluding carboxylic acids is 1. The Morgan fingerprint density at radius 2 is 1.77 bits per heavy atom. The van der Waals surface area contributed by atoms with Crippen molar-refractivity contribution in [3.63, 3.8) is 0 Å². The number of hydrogen-bond acceptors (Lipinski definition) is 4. The maximum atomic E-state index is 11.9. The second-order valence-electron chi connectivity index (χ2n) is 5.03. The molecular formula is C17H15N3O2. The normalized spacial score (nSPS) is 15.6. The zero-order valence-electron chi connectivity index (χ0n) is 12.0. The van der Waals surface area contributed by atoms with Crippen molar-refractivity contribution < 1.29 is 9.90 Å². The Morgan fingerprint density at radius 3 is 2.45 bits per heavy atom. The highest BCUT2D eigenvalue weighted by Gasteiger charge is 2.19. The van der Waals surface area contributed by atoms with Crippen LogP contribution in [0.3, 0.4) is 0 Å². The van der Waals surface area contributed by atoms with E-state index < -0.39 is 0 Å². The number of benzene rings is 2. The number of phenols is 1. The van der Waals surface area contributed by atoms with E-state index in [1.54, 1.807) is 30.3 Å². The lowest BCUT2D eigenvalue weighted by Gasteiger charge is -2.04. The van der Waals surface area contributed by atoms with Gasteiger partial charge in [-0.1, -0.05) is 29.8 Å². The summed E-state index contributed by atoms with van der Waals surface area (Å²) in [5, 5.41) is 14.9. The molecular weight excluding hydrogens is 278 g/mol. The fraction of sp³-hybridized carbons (Fsp3) is 0.0588. The predicted octanol–water partition coefficient (Wildman–Crippen LogP) is 2.64. The average Bonchev–Trinajstić information content (AvgIpc) is 2.84. The number of carbonyl (C=O) groups is 1. The van der Waals surface area contributed by atoms with E-state index >= 15 is 0 Å². The van der Waals surface area contributed by atoms with Crippen molar-refractivity contribution in [2.45, 2.75) is 6.92 Å². The van der Waals surface area contributed by atoms with Crippen molar-refractivity contribution in [3.8, 4) is 5.75 Å². The molecule has 22 heavy (non-hydrogen) atoms. The minimum atomic E-state index is -0.248. The highest BCUT2D eigenvalue weighted by molar-refractivity contribution is 6.17. The zero-order chi connectivity index (χ0) is 15.5. The number of aryl methyl sites for hydroxylation is 1. The monoisotopic (exact) mass is 293 g/mol. The Morgan fingerprint density at radius 1 is 1.09 bits per heavy atom. The first-order valence-corrected chi connectivity index (χ1v) is 6.85. The third-order valence-corrected chi connectivity index (χ3v) is 3.21. The van der Waals surface area contributed by atoms with Gasteiger partial charge in [-0.25, -0.2) is 4.99 Å². The van der Waals surface area contributed by atoms with E-state index in [2.05, 4.69) is 15.6 Å². The summed E-state index contributed by atoms with van der Waals surface area (Å²) in [6, 6.07) is 14.4. The van der Waals surface area contributed by atoms with E-state index in [4.69, 9.17) is 0 Å². The first-order chi connectivity index (χ1) is 10.6. The number of hydrogen-bond donors (Lipinski definition) is 3. The number of aromatic hydroxyl groups is 1. The van der Waals surface area contributed by atoms with Gasteiger partial charge in [-0.3, -0.25) is 10.1 Å². The molecule has 0 aliphatic carbocycles. The maximum absolute atomic E-state index is 11.9. The van der Waals surface area contributed by atoms with E-state index in [9.17, 15) is 9.90 Å². The molecule has 0 bridgehead atoms. The highest BCUT2D eigenvalue weighted by atomic mass is 16.3. The molecule has 0 atom stereocenters. The Bertz CT molecular complexity index is 759. The molecule has 3 rings (SSSR count). The molecule has 5 nitrogen and oxygen atoms in total. The van der Waals surface area contributed by atoms with Gasteiger partial charge in [0.05, 0.1) is 0 Å².